The number of hydrogen-bond acceptors (Lipinski definition) is 3. The monoisotopic (exact) mass is 235 g/mol. The summed E-state index contributed by atoms with van der Waals surface area (Å²) < 4.78 is 36.1. The van der Waals surface area contributed by atoms with Gasteiger partial charge >= 0.3 is 6.18 Å². The van der Waals surface area contributed by atoms with E-state index >= 15 is 0 Å². The Morgan fingerprint density at radius 1 is 1.53 bits per heavy atom. The molecule has 0 saturated heterocycles. The van der Waals surface area contributed by atoms with Crippen molar-refractivity contribution in [2.45, 2.75) is 12.6 Å². The van der Waals surface area contributed by atoms with Gasteiger partial charge in [0, 0.05) is 0 Å². The molecule has 0 amide bonds. The van der Waals surface area contributed by atoms with Gasteiger partial charge in [0.2, 0.25) is 0 Å². The predicted octanol–water partition coefficient (Wildman–Crippen LogP) is 2.29. The van der Waals surface area contributed by atoms with Crippen molar-refractivity contribution in [3.63, 3.8) is 0 Å². The summed E-state index contributed by atoms with van der Waals surface area (Å²) in [4.78, 5) is 3.43. The first-order chi connectivity index (χ1) is 6.83. The molecule has 0 radical (unpaired) electrons. The quantitative estimate of drug-likeness (QED) is 0.760. The first-order valence-electron chi connectivity index (χ1n) is 3.75. The van der Waals surface area contributed by atoms with Crippen molar-refractivity contribution < 1.29 is 13.2 Å². The van der Waals surface area contributed by atoms with E-state index in [9.17, 15) is 13.2 Å². The normalized spacial score (nSPS) is 11.1. The van der Waals surface area contributed by atoms with E-state index in [1.165, 1.54) is 0 Å². The summed E-state index contributed by atoms with van der Waals surface area (Å²) in [7, 11) is 0. The number of hydrogen-bond donors (Lipinski definition) is 1. The zero-order chi connectivity index (χ0) is 11.6. The van der Waals surface area contributed by atoms with E-state index < -0.39 is 12.6 Å². The van der Waals surface area contributed by atoms with Gasteiger partial charge in [-0.2, -0.15) is 18.4 Å². The molecule has 1 aromatic heterocycles. The van der Waals surface area contributed by atoms with Crippen LogP contribution in [0.1, 0.15) is 11.3 Å². The molecule has 80 valence electrons. The molecule has 0 saturated carbocycles. The second kappa shape index (κ2) is 3.95. The van der Waals surface area contributed by atoms with Gasteiger partial charge in [-0.15, -0.1) is 0 Å². The minimum Gasteiger partial charge on any atom is -0.397 e. The van der Waals surface area contributed by atoms with Crippen molar-refractivity contribution in [2.75, 3.05) is 5.73 Å². The second-order valence-electron chi connectivity index (χ2n) is 2.77. The van der Waals surface area contributed by atoms with Crippen LogP contribution in [-0.4, -0.2) is 11.2 Å². The lowest BCUT2D eigenvalue weighted by atomic mass is 10.2. The molecule has 0 fully saturated rings. The highest BCUT2D eigenvalue weighted by molar-refractivity contribution is 6.30. The van der Waals surface area contributed by atoms with Crippen LogP contribution in [0.5, 0.6) is 0 Å². The smallest absolute Gasteiger partial charge is 0.394 e. The van der Waals surface area contributed by atoms with Crippen molar-refractivity contribution in [3.8, 4) is 6.07 Å². The van der Waals surface area contributed by atoms with Gasteiger partial charge in [0.15, 0.2) is 0 Å². The van der Waals surface area contributed by atoms with Gasteiger partial charge in [-0.3, -0.25) is 0 Å². The Kier molecular flexibility index (Phi) is 3.05. The lowest BCUT2D eigenvalue weighted by Gasteiger charge is -2.08. The van der Waals surface area contributed by atoms with Crippen molar-refractivity contribution >= 4 is 17.3 Å². The Balaban J connectivity index is 3.13. The molecule has 2 N–H and O–H groups in total. The average molecular weight is 236 g/mol. The molecule has 0 aliphatic rings. The zero-order valence-electron chi connectivity index (χ0n) is 7.27. The molecule has 3 nitrogen and oxygen atoms in total. The highest BCUT2D eigenvalue weighted by Crippen LogP contribution is 2.26. The molecule has 0 aliphatic carbocycles. The standard InChI is InChI=1S/C8H5ClF3N3/c9-7-4(3-13)1-5(14)6(15-7)2-8(10,11)12/h1H,2,14H2. The van der Waals surface area contributed by atoms with Crippen molar-refractivity contribution in [1.29, 1.82) is 5.26 Å². The fourth-order valence-electron chi connectivity index (χ4n) is 0.951. The topological polar surface area (TPSA) is 62.7 Å². The molecule has 15 heavy (non-hydrogen) atoms. The van der Waals surface area contributed by atoms with Crippen LogP contribution in [-0.2, 0) is 6.42 Å². The molecule has 7 heteroatoms. The number of pyridine rings is 1. The summed E-state index contributed by atoms with van der Waals surface area (Å²) in [6.07, 6.45) is -5.66. The second-order valence-corrected chi connectivity index (χ2v) is 3.12. The lowest BCUT2D eigenvalue weighted by molar-refractivity contribution is -0.127. The van der Waals surface area contributed by atoms with Gasteiger partial charge in [0.1, 0.15) is 11.2 Å². The first kappa shape index (κ1) is 11.6. The Labute approximate surface area is 88.3 Å². The lowest BCUT2D eigenvalue weighted by Crippen LogP contribution is -2.14. The van der Waals surface area contributed by atoms with Gasteiger partial charge in [0.25, 0.3) is 0 Å². The number of halogens is 4. The van der Waals surface area contributed by atoms with E-state index in [1.54, 1.807) is 6.07 Å². The fourth-order valence-corrected chi connectivity index (χ4v) is 1.15. The van der Waals surface area contributed by atoms with Gasteiger partial charge in [-0.05, 0) is 6.07 Å². The third kappa shape index (κ3) is 2.99. The van der Waals surface area contributed by atoms with E-state index in [2.05, 4.69) is 4.98 Å². The molecular formula is C8H5ClF3N3. The largest absolute Gasteiger partial charge is 0.397 e. The summed E-state index contributed by atoms with van der Waals surface area (Å²) in [5.74, 6) is 0. The highest BCUT2D eigenvalue weighted by Gasteiger charge is 2.30. The minimum atomic E-state index is -4.40. The molecule has 1 heterocycles. The van der Waals surface area contributed by atoms with Crippen molar-refractivity contribution in [1.82, 2.24) is 4.98 Å². The number of nitrogens with zero attached hydrogens (tertiary/aromatic N) is 2. The molecule has 0 aromatic carbocycles. The van der Waals surface area contributed by atoms with Crippen LogP contribution in [0.3, 0.4) is 0 Å². The van der Waals surface area contributed by atoms with E-state index in [-0.39, 0.29) is 22.1 Å². The summed E-state index contributed by atoms with van der Waals surface area (Å²) in [5.41, 5.74) is 4.70. The number of nitriles is 1. The molecule has 1 rings (SSSR count). The Bertz CT molecular complexity index is 422. The molecule has 1 aromatic rings. The van der Waals surface area contributed by atoms with E-state index in [4.69, 9.17) is 22.6 Å². The molecule has 0 unspecified atom stereocenters. The minimum absolute atomic E-state index is 0.0416. The molecule has 0 bridgehead atoms. The summed E-state index contributed by atoms with van der Waals surface area (Å²) in [6, 6.07) is 2.75. The third-order valence-corrected chi connectivity index (χ3v) is 1.86. The number of anilines is 1. The molecule has 0 aliphatic heterocycles. The Morgan fingerprint density at radius 2 is 2.13 bits per heavy atom. The maximum Gasteiger partial charge on any atom is 0.394 e. The number of nitrogen functional groups attached to an aromatic ring is 1. The number of nitrogens with two attached hydrogens (primary N) is 1. The fraction of sp³-hybridized carbons (Fsp3) is 0.250. The van der Waals surface area contributed by atoms with Crippen LogP contribution in [0.25, 0.3) is 0 Å². The van der Waals surface area contributed by atoms with Crippen LogP contribution < -0.4 is 5.73 Å². The maximum atomic E-state index is 12.0. The third-order valence-electron chi connectivity index (χ3n) is 1.58. The van der Waals surface area contributed by atoms with Crippen LogP contribution >= 0.6 is 11.6 Å². The van der Waals surface area contributed by atoms with Gasteiger partial charge in [-0.25, -0.2) is 4.98 Å². The molecule has 0 spiro atoms. The maximum absolute atomic E-state index is 12.0. The molecular weight excluding hydrogens is 231 g/mol. The SMILES string of the molecule is N#Cc1cc(N)c(CC(F)(F)F)nc1Cl. The van der Waals surface area contributed by atoms with Crippen molar-refractivity contribution in [2.24, 2.45) is 0 Å². The van der Waals surface area contributed by atoms with Crippen LogP contribution in [0.15, 0.2) is 6.07 Å². The number of rotatable bonds is 1. The van der Waals surface area contributed by atoms with Crippen LogP contribution in [0.4, 0.5) is 18.9 Å². The first-order valence-corrected chi connectivity index (χ1v) is 4.13. The van der Waals surface area contributed by atoms with Gasteiger partial charge in [-0.1, -0.05) is 11.6 Å². The number of alkyl halides is 3. The average Bonchev–Trinajstić information content (AvgIpc) is 2.08. The van der Waals surface area contributed by atoms with Crippen LogP contribution in [0.2, 0.25) is 5.15 Å². The molecule has 0 atom stereocenters. The number of aromatic nitrogens is 1. The zero-order valence-corrected chi connectivity index (χ0v) is 8.02. The van der Waals surface area contributed by atoms with E-state index in [0.29, 0.717) is 0 Å². The summed E-state index contributed by atoms with van der Waals surface area (Å²) in [5, 5.41) is 8.24. The Hall–Kier alpha value is -1.48. The van der Waals surface area contributed by atoms with E-state index in [0.717, 1.165) is 6.07 Å². The van der Waals surface area contributed by atoms with Gasteiger partial charge < -0.3 is 5.73 Å². The van der Waals surface area contributed by atoms with E-state index in [1.807, 2.05) is 0 Å². The van der Waals surface area contributed by atoms with Gasteiger partial charge in [0.05, 0.1) is 23.4 Å². The van der Waals surface area contributed by atoms with Crippen molar-refractivity contribution in [3.05, 3.63) is 22.5 Å². The summed E-state index contributed by atoms with van der Waals surface area (Å²) >= 11 is 5.47. The summed E-state index contributed by atoms with van der Waals surface area (Å²) in [6.45, 7) is 0. The Morgan fingerprint density at radius 3 is 2.60 bits per heavy atom. The van der Waals surface area contributed by atoms with Crippen LogP contribution in [0, 0.1) is 11.3 Å². The highest BCUT2D eigenvalue weighted by atomic mass is 35.5. The predicted molar refractivity (Wildman–Crippen MR) is 48.1 cm³/mol.